The van der Waals surface area contributed by atoms with Gasteiger partial charge in [-0.25, -0.2) is 0 Å². The maximum Gasteiger partial charge on any atom is 0.303 e. The first-order chi connectivity index (χ1) is 9.27. The van der Waals surface area contributed by atoms with Gasteiger partial charge in [-0.05, 0) is 31.4 Å². The molecule has 1 aromatic rings. The summed E-state index contributed by atoms with van der Waals surface area (Å²) < 4.78 is 5.62. The van der Waals surface area contributed by atoms with Gasteiger partial charge in [0.1, 0.15) is 12.4 Å². The summed E-state index contributed by atoms with van der Waals surface area (Å²) in [6.07, 6.45) is 2.26. The van der Waals surface area contributed by atoms with Crippen LogP contribution in [0.25, 0.3) is 0 Å². The fourth-order valence-corrected chi connectivity index (χ4v) is 1.89. The molecular weight excluding hydrogens is 246 g/mol. The second-order valence-electron chi connectivity index (χ2n) is 4.32. The summed E-state index contributed by atoms with van der Waals surface area (Å²) in [6, 6.07) is 7.74. The average molecular weight is 263 g/mol. The van der Waals surface area contributed by atoms with Crippen LogP contribution in [0.3, 0.4) is 0 Å². The highest BCUT2D eigenvalue weighted by Crippen LogP contribution is 2.24. The molecule has 0 bridgehead atoms. The molecule has 19 heavy (non-hydrogen) atoms. The van der Waals surface area contributed by atoms with E-state index < -0.39 is 5.97 Å². The van der Waals surface area contributed by atoms with Crippen molar-refractivity contribution in [1.82, 2.24) is 0 Å². The highest BCUT2D eigenvalue weighted by Gasteiger charge is 2.14. The SMILES string of the molecule is O=C(O)CCCO/N=C1\CCCOc2ccccc21. The highest BCUT2D eigenvalue weighted by atomic mass is 16.6. The lowest BCUT2D eigenvalue weighted by Gasteiger charge is -2.07. The van der Waals surface area contributed by atoms with Gasteiger partial charge in [-0.3, -0.25) is 4.79 Å². The number of para-hydroxylation sites is 1. The van der Waals surface area contributed by atoms with Crippen molar-refractivity contribution in [1.29, 1.82) is 0 Å². The van der Waals surface area contributed by atoms with Gasteiger partial charge in [-0.15, -0.1) is 0 Å². The van der Waals surface area contributed by atoms with E-state index in [1.807, 2.05) is 24.3 Å². The second kappa shape index (κ2) is 6.78. The Kier molecular flexibility index (Phi) is 4.78. The molecule has 1 aromatic carbocycles. The zero-order chi connectivity index (χ0) is 13.5. The second-order valence-corrected chi connectivity index (χ2v) is 4.32. The number of benzene rings is 1. The van der Waals surface area contributed by atoms with E-state index in [9.17, 15) is 4.79 Å². The van der Waals surface area contributed by atoms with Gasteiger partial charge < -0.3 is 14.7 Å². The fourth-order valence-electron chi connectivity index (χ4n) is 1.89. The number of rotatable bonds is 5. The van der Waals surface area contributed by atoms with E-state index in [0.29, 0.717) is 19.6 Å². The Morgan fingerprint density at radius 1 is 1.42 bits per heavy atom. The predicted molar refractivity (Wildman–Crippen MR) is 70.5 cm³/mol. The number of hydrogen-bond donors (Lipinski definition) is 1. The molecule has 102 valence electrons. The minimum atomic E-state index is -0.815. The van der Waals surface area contributed by atoms with Crippen molar-refractivity contribution in [2.45, 2.75) is 25.7 Å². The standard InChI is InChI=1S/C14H17NO4/c16-14(17)8-4-10-19-15-12-6-3-9-18-13-7-2-1-5-11(12)13/h1-2,5,7H,3-4,6,8-10H2,(H,16,17)/b15-12+. The maximum atomic E-state index is 10.4. The third kappa shape index (κ3) is 3.98. The molecule has 0 radical (unpaired) electrons. The average Bonchev–Trinajstić information content (AvgIpc) is 2.61. The lowest BCUT2D eigenvalue weighted by Crippen LogP contribution is -2.03. The molecular formula is C14H17NO4. The molecule has 0 atom stereocenters. The summed E-state index contributed by atoms with van der Waals surface area (Å²) in [5.41, 5.74) is 1.82. The van der Waals surface area contributed by atoms with Gasteiger partial charge in [0.2, 0.25) is 0 Å². The van der Waals surface area contributed by atoms with Crippen LogP contribution >= 0.6 is 0 Å². The van der Waals surface area contributed by atoms with Gasteiger partial charge in [0.05, 0.1) is 12.3 Å². The minimum absolute atomic E-state index is 0.102. The van der Waals surface area contributed by atoms with E-state index in [1.165, 1.54) is 0 Å². The molecule has 5 heteroatoms. The van der Waals surface area contributed by atoms with Gasteiger partial charge in [0, 0.05) is 12.0 Å². The summed E-state index contributed by atoms with van der Waals surface area (Å²) in [6.45, 7) is 0.994. The molecule has 1 heterocycles. The Hall–Kier alpha value is -2.04. The first-order valence-electron chi connectivity index (χ1n) is 6.40. The number of nitrogens with zero attached hydrogens (tertiary/aromatic N) is 1. The van der Waals surface area contributed by atoms with Crippen LogP contribution in [0, 0.1) is 0 Å². The smallest absolute Gasteiger partial charge is 0.303 e. The molecule has 0 saturated heterocycles. The van der Waals surface area contributed by atoms with Gasteiger partial charge in [0.25, 0.3) is 0 Å². The van der Waals surface area contributed by atoms with Crippen LogP contribution in [0.15, 0.2) is 29.4 Å². The molecule has 0 saturated carbocycles. The maximum absolute atomic E-state index is 10.4. The van der Waals surface area contributed by atoms with E-state index in [0.717, 1.165) is 29.9 Å². The number of fused-ring (bicyclic) bond motifs is 1. The molecule has 0 fully saturated rings. The highest BCUT2D eigenvalue weighted by molar-refractivity contribution is 6.02. The van der Waals surface area contributed by atoms with Crippen LogP contribution in [-0.4, -0.2) is 30.0 Å². The fraction of sp³-hybridized carbons (Fsp3) is 0.429. The zero-order valence-electron chi connectivity index (χ0n) is 10.7. The predicted octanol–water partition coefficient (Wildman–Crippen LogP) is 2.44. The van der Waals surface area contributed by atoms with Crippen molar-refractivity contribution in [3.63, 3.8) is 0 Å². The number of carboxylic acids is 1. The van der Waals surface area contributed by atoms with Gasteiger partial charge in [-0.2, -0.15) is 0 Å². The third-order valence-corrected chi connectivity index (χ3v) is 2.81. The molecule has 0 spiro atoms. The lowest BCUT2D eigenvalue weighted by atomic mass is 10.1. The van der Waals surface area contributed by atoms with Crippen LogP contribution in [0.2, 0.25) is 0 Å². The normalized spacial score (nSPS) is 16.3. The number of hydrogen-bond acceptors (Lipinski definition) is 4. The van der Waals surface area contributed by atoms with Crippen LogP contribution in [-0.2, 0) is 9.63 Å². The monoisotopic (exact) mass is 263 g/mol. The number of carboxylic acid groups (broad SMARTS) is 1. The van der Waals surface area contributed by atoms with E-state index in [-0.39, 0.29) is 6.42 Å². The Morgan fingerprint density at radius 2 is 2.26 bits per heavy atom. The zero-order valence-corrected chi connectivity index (χ0v) is 10.7. The molecule has 0 aliphatic carbocycles. The van der Waals surface area contributed by atoms with Crippen molar-refractivity contribution in [3.8, 4) is 5.75 Å². The Labute approximate surface area is 111 Å². The summed E-state index contributed by atoms with van der Waals surface area (Å²) in [5.74, 6) is 0.0114. The number of ether oxygens (including phenoxy) is 1. The summed E-state index contributed by atoms with van der Waals surface area (Å²) in [4.78, 5) is 15.6. The summed E-state index contributed by atoms with van der Waals surface area (Å²) in [5, 5.41) is 12.6. The molecule has 1 N–H and O–H groups in total. The first kappa shape index (κ1) is 13.4. The lowest BCUT2D eigenvalue weighted by molar-refractivity contribution is -0.137. The Bertz CT molecular complexity index is 470. The summed E-state index contributed by atoms with van der Waals surface area (Å²) in [7, 11) is 0. The molecule has 1 aliphatic heterocycles. The van der Waals surface area contributed by atoms with Crippen molar-refractivity contribution >= 4 is 11.7 Å². The Morgan fingerprint density at radius 3 is 3.11 bits per heavy atom. The van der Waals surface area contributed by atoms with Crippen molar-refractivity contribution in [2.75, 3.05) is 13.2 Å². The van der Waals surface area contributed by atoms with E-state index in [4.69, 9.17) is 14.7 Å². The van der Waals surface area contributed by atoms with Crippen LogP contribution in [0.4, 0.5) is 0 Å². The van der Waals surface area contributed by atoms with E-state index >= 15 is 0 Å². The van der Waals surface area contributed by atoms with Gasteiger partial charge >= 0.3 is 5.97 Å². The number of carbonyl (C=O) groups is 1. The van der Waals surface area contributed by atoms with Crippen LogP contribution < -0.4 is 4.74 Å². The van der Waals surface area contributed by atoms with Crippen LogP contribution in [0.5, 0.6) is 5.75 Å². The van der Waals surface area contributed by atoms with Crippen molar-refractivity contribution < 1.29 is 19.5 Å². The van der Waals surface area contributed by atoms with Crippen molar-refractivity contribution in [3.05, 3.63) is 29.8 Å². The molecule has 0 aromatic heterocycles. The van der Waals surface area contributed by atoms with Gasteiger partial charge in [0.15, 0.2) is 0 Å². The number of oxime groups is 1. The van der Waals surface area contributed by atoms with E-state index in [1.54, 1.807) is 0 Å². The molecule has 0 unspecified atom stereocenters. The van der Waals surface area contributed by atoms with Crippen LogP contribution in [0.1, 0.15) is 31.2 Å². The third-order valence-electron chi connectivity index (χ3n) is 2.81. The van der Waals surface area contributed by atoms with E-state index in [2.05, 4.69) is 5.16 Å². The number of aliphatic carboxylic acids is 1. The molecule has 2 rings (SSSR count). The first-order valence-corrected chi connectivity index (χ1v) is 6.40. The quantitative estimate of drug-likeness (QED) is 0.654. The Balaban J connectivity index is 1.97. The molecule has 5 nitrogen and oxygen atoms in total. The van der Waals surface area contributed by atoms with Crippen molar-refractivity contribution in [2.24, 2.45) is 5.16 Å². The molecule has 1 aliphatic rings. The molecule has 0 amide bonds. The minimum Gasteiger partial charge on any atom is -0.493 e. The largest absolute Gasteiger partial charge is 0.493 e. The summed E-state index contributed by atoms with van der Waals surface area (Å²) >= 11 is 0. The topological polar surface area (TPSA) is 68.1 Å². The van der Waals surface area contributed by atoms with Gasteiger partial charge in [-0.1, -0.05) is 17.3 Å².